The number of nitrogens with zero attached hydrogens (tertiary/aromatic N) is 3. The number of methoxy groups -OCH3 is 1. The van der Waals surface area contributed by atoms with E-state index in [1.54, 1.807) is 18.3 Å². The van der Waals surface area contributed by atoms with Crippen LogP contribution in [0.1, 0.15) is 23.3 Å². The monoisotopic (exact) mass is 519 g/mol. The Kier molecular flexibility index (Phi) is 6.38. The Bertz CT molecular complexity index is 1490. The van der Waals surface area contributed by atoms with E-state index in [9.17, 15) is 8.42 Å². The highest BCUT2D eigenvalue weighted by Crippen LogP contribution is 2.43. The van der Waals surface area contributed by atoms with Gasteiger partial charge in [0.2, 0.25) is 10.0 Å². The Morgan fingerprint density at radius 3 is 2.50 bits per heavy atom. The average Bonchev–Trinajstić information content (AvgIpc) is 3.49. The number of thiocarbonyl (C=S) groups is 1. The maximum Gasteiger partial charge on any atom is 0.229 e. The van der Waals surface area contributed by atoms with Gasteiger partial charge in [-0.15, -0.1) is 0 Å². The molecule has 184 valence electrons. The minimum Gasteiger partial charge on any atom is -0.495 e. The highest BCUT2D eigenvalue weighted by molar-refractivity contribution is 7.92. The number of pyridine rings is 1. The second kappa shape index (κ2) is 9.63. The van der Waals surface area contributed by atoms with E-state index in [1.807, 2.05) is 65.7 Å². The third-order valence-corrected chi connectivity index (χ3v) is 6.87. The molecule has 3 heterocycles. The van der Waals surface area contributed by atoms with E-state index in [2.05, 4.69) is 31.9 Å². The van der Waals surface area contributed by atoms with Gasteiger partial charge in [0.15, 0.2) is 5.11 Å². The van der Waals surface area contributed by atoms with Gasteiger partial charge in [-0.1, -0.05) is 24.3 Å². The number of nitrogens with one attached hydrogen (secondary N) is 2. The van der Waals surface area contributed by atoms with Crippen LogP contribution < -0.4 is 19.7 Å². The molecule has 0 spiro atoms. The standard InChI is InChI=1S/C26H25N5O3S2/c1-34-23-12-11-20(16-22(23)29-36(2,32)33)31-25(24(28-26(31)35)21-10-6-7-14-27-21)18-13-15-30(17-18)19-8-4-3-5-9-19/h3-17,24-25,29H,1-2H3,(H,28,35). The molecular formula is C26H25N5O3S2. The number of sulfonamides is 1. The van der Waals surface area contributed by atoms with Crippen molar-refractivity contribution in [2.24, 2.45) is 0 Å². The predicted molar refractivity (Wildman–Crippen MR) is 145 cm³/mol. The fraction of sp³-hybridized carbons (Fsp3) is 0.154. The van der Waals surface area contributed by atoms with Crippen molar-refractivity contribution in [3.63, 3.8) is 0 Å². The van der Waals surface area contributed by atoms with Gasteiger partial charge in [-0.05, 0) is 66.3 Å². The quantitative estimate of drug-likeness (QED) is 0.349. The van der Waals surface area contributed by atoms with Crippen LogP contribution >= 0.6 is 12.2 Å². The smallest absolute Gasteiger partial charge is 0.229 e. The summed E-state index contributed by atoms with van der Waals surface area (Å²) in [6, 6.07) is 22.8. The fourth-order valence-corrected chi connectivity index (χ4v) is 5.35. The molecule has 2 N–H and O–H groups in total. The van der Waals surface area contributed by atoms with Crippen LogP contribution in [-0.4, -0.2) is 36.4 Å². The van der Waals surface area contributed by atoms with Gasteiger partial charge in [0.05, 0.1) is 36.8 Å². The van der Waals surface area contributed by atoms with Crippen molar-refractivity contribution in [2.75, 3.05) is 23.0 Å². The van der Waals surface area contributed by atoms with Crippen LogP contribution in [0.5, 0.6) is 5.75 Å². The second-order valence-corrected chi connectivity index (χ2v) is 10.6. The van der Waals surface area contributed by atoms with Crippen molar-refractivity contribution in [3.05, 3.63) is 103 Å². The summed E-state index contributed by atoms with van der Waals surface area (Å²) >= 11 is 5.80. The van der Waals surface area contributed by atoms with Crippen LogP contribution in [0.4, 0.5) is 11.4 Å². The molecule has 4 aromatic rings. The van der Waals surface area contributed by atoms with Crippen molar-refractivity contribution >= 4 is 38.7 Å². The minimum absolute atomic E-state index is 0.223. The molecule has 0 aliphatic carbocycles. The SMILES string of the molecule is COc1ccc(N2C(=S)NC(c3ccccn3)C2c2ccn(-c3ccccc3)c2)cc1NS(C)(=O)=O. The first-order valence-electron chi connectivity index (χ1n) is 11.2. The highest BCUT2D eigenvalue weighted by Gasteiger charge is 2.41. The molecule has 2 unspecified atom stereocenters. The zero-order chi connectivity index (χ0) is 25.3. The molecule has 5 rings (SSSR count). The zero-order valence-corrected chi connectivity index (χ0v) is 21.3. The first kappa shape index (κ1) is 23.8. The van der Waals surface area contributed by atoms with Gasteiger partial charge in [0.25, 0.3) is 0 Å². The number of hydrogen-bond donors (Lipinski definition) is 2. The van der Waals surface area contributed by atoms with Gasteiger partial charge in [-0.3, -0.25) is 9.71 Å². The van der Waals surface area contributed by atoms with Crippen LogP contribution in [0.2, 0.25) is 0 Å². The third-order valence-electron chi connectivity index (χ3n) is 5.97. The molecule has 1 saturated heterocycles. The summed E-state index contributed by atoms with van der Waals surface area (Å²) in [4.78, 5) is 6.58. The lowest BCUT2D eigenvalue weighted by molar-refractivity contribution is 0.417. The summed E-state index contributed by atoms with van der Waals surface area (Å²) in [5, 5.41) is 3.94. The third kappa shape index (κ3) is 4.77. The lowest BCUT2D eigenvalue weighted by Crippen LogP contribution is -2.29. The van der Waals surface area contributed by atoms with Gasteiger partial charge in [0, 0.05) is 30.0 Å². The minimum atomic E-state index is -3.52. The van der Waals surface area contributed by atoms with Crippen LogP contribution in [-0.2, 0) is 10.0 Å². The molecule has 10 heteroatoms. The Hall–Kier alpha value is -3.89. The van der Waals surface area contributed by atoms with Crippen LogP contribution in [0.3, 0.4) is 0 Å². The Labute approximate surface area is 215 Å². The zero-order valence-electron chi connectivity index (χ0n) is 19.7. The molecule has 0 saturated carbocycles. The van der Waals surface area contributed by atoms with E-state index in [-0.39, 0.29) is 12.1 Å². The van der Waals surface area contributed by atoms with Crippen LogP contribution in [0.15, 0.2) is 91.4 Å². The largest absolute Gasteiger partial charge is 0.495 e. The summed E-state index contributed by atoms with van der Waals surface area (Å²) in [6.45, 7) is 0. The Balaban J connectivity index is 1.61. The molecule has 36 heavy (non-hydrogen) atoms. The van der Waals surface area contributed by atoms with Crippen molar-refractivity contribution in [2.45, 2.75) is 12.1 Å². The summed E-state index contributed by atoms with van der Waals surface area (Å²) in [6.07, 6.45) is 6.96. The number of para-hydroxylation sites is 1. The molecular weight excluding hydrogens is 494 g/mol. The molecule has 0 radical (unpaired) electrons. The van der Waals surface area contributed by atoms with Gasteiger partial charge >= 0.3 is 0 Å². The Morgan fingerprint density at radius 1 is 1.03 bits per heavy atom. The van der Waals surface area contributed by atoms with Gasteiger partial charge in [0.1, 0.15) is 5.75 Å². The van der Waals surface area contributed by atoms with E-state index in [0.717, 1.165) is 28.9 Å². The molecule has 2 aromatic heterocycles. The molecule has 8 nitrogen and oxygen atoms in total. The van der Waals surface area contributed by atoms with E-state index >= 15 is 0 Å². The fourth-order valence-electron chi connectivity index (χ4n) is 4.45. The molecule has 1 aliphatic heterocycles. The predicted octanol–water partition coefficient (Wildman–Crippen LogP) is 4.43. The van der Waals surface area contributed by atoms with E-state index in [4.69, 9.17) is 17.0 Å². The number of aromatic nitrogens is 2. The maximum absolute atomic E-state index is 12.0. The van der Waals surface area contributed by atoms with E-state index < -0.39 is 10.0 Å². The molecule has 2 atom stereocenters. The summed E-state index contributed by atoms with van der Waals surface area (Å²) < 4.78 is 34.0. The molecule has 1 fully saturated rings. The van der Waals surface area contributed by atoms with Crippen molar-refractivity contribution in [1.29, 1.82) is 0 Å². The topological polar surface area (TPSA) is 88.5 Å². The average molecular weight is 520 g/mol. The van der Waals surface area contributed by atoms with Crippen LogP contribution in [0.25, 0.3) is 5.69 Å². The van der Waals surface area contributed by atoms with Gasteiger partial charge in [-0.25, -0.2) is 8.42 Å². The lowest BCUT2D eigenvalue weighted by Gasteiger charge is -2.28. The summed E-state index contributed by atoms with van der Waals surface area (Å²) in [5.74, 6) is 0.412. The lowest BCUT2D eigenvalue weighted by atomic mass is 9.98. The molecule has 1 aliphatic rings. The number of rotatable bonds is 7. The summed E-state index contributed by atoms with van der Waals surface area (Å²) in [7, 11) is -2.02. The normalized spacial score (nSPS) is 17.6. The molecule has 0 amide bonds. The number of anilines is 2. The Morgan fingerprint density at radius 2 is 1.81 bits per heavy atom. The maximum atomic E-state index is 12.0. The highest BCUT2D eigenvalue weighted by atomic mass is 32.2. The van der Waals surface area contributed by atoms with Crippen molar-refractivity contribution in [1.82, 2.24) is 14.9 Å². The number of ether oxygens (including phenoxy) is 1. The van der Waals surface area contributed by atoms with E-state index in [0.29, 0.717) is 16.5 Å². The first-order valence-corrected chi connectivity index (χ1v) is 13.5. The summed E-state index contributed by atoms with van der Waals surface area (Å²) in [5.41, 5.74) is 3.97. The van der Waals surface area contributed by atoms with Gasteiger partial charge < -0.3 is 19.5 Å². The van der Waals surface area contributed by atoms with Gasteiger partial charge in [-0.2, -0.15) is 0 Å². The van der Waals surface area contributed by atoms with Crippen LogP contribution in [0, 0.1) is 0 Å². The van der Waals surface area contributed by atoms with E-state index in [1.165, 1.54) is 7.11 Å². The molecule has 2 aromatic carbocycles. The van der Waals surface area contributed by atoms with Crippen molar-refractivity contribution in [3.8, 4) is 11.4 Å². The first-order chi connectivity index (χ1) is 17.3. The second-order valence-electron chi connectivity index (χ2n) is 8.44. The molecule has 0 bridgehead atoms. The number of benzene rings is 2. The van der Waals surface area contributed by atoms with Crippen molar-refractivity contribution < 1.29 is 13.2 Å². The number of hydrogen-bond acceptors (Lipinski definition) is 5.